The number of hydrogen-bond acceptors (Lipinski definition) is 4. The lowest BCUT2D eigenvalue weighted by molar-refractivity contribution is 0.0168. The highest BCUT2D eigenvalue weighted by Crippen LogP contribution is 2.11. The Balaban J connectivity index is 1.87. The van der Waals surface area contributed by atoms with Crippen molar-refractivity contribution in [3.63, 3.8) is 0 Å². The summed E-state index contributed by atoms with van der Waals surface area (Å²) in [5.41, 5.74) is 0. The SMILES string of the molecule is CCCCOCCCNC(=NC)NCCCOCC1CCCO1. The third-order valence-electron chi connectivity index (χ3n) is 3.71. The summed E-state index contributed by atoms with van der Waals surface area (Å²) in [5.74, 6) is 0.845. The second-order valence-electron chi connectivity index (χ2n) is 5.81. The van der Waals surface area contributed by atoms with E-state index in [9.17, 15) is 0 Å². The summed E-state index contributed by atoms with van der Waals surface area (Å²) < 4.78 is 16.7. The number of ether oxygens (including phenoxy) is 3. The summed E-state index contributed by atoms with van der Waals surface area (Å²) >= 11 is 0. The Morgan fingerprint density at radius 3 is 2.39 bits per heavy atom. The smallest absolute Gasteiger partial charge is 0.190 e. The molecule has 1 heterocycles. The molecule has 1 rings (SSSR count). The van der Waals surface area contributed by atoms with E-state index >= 15 is 0 Å². The average Bonchev–Trinajstić information content (AvgIpc) is 3.08. The molecule has 1 atom stereocenters. The van der Waals surface area contributed by atoms with Gasteiger partial charge in [-0.3, -0.25) is 4.99 Å². The predicted molar refractivity (Wildman–Crippen MR) is 94.1 cm³/mol. The van der Waals surface area contributed by atoms with Crippen LogP contribution in [0.4, 0.5) is 0 Å². The van der Waals surface area contributed by atoms with E-state index in [1.807, 2.05) is 0 Å². The number of guanidine groups is 1. The largest absolute Gasteiger partial charge is 0.381 e. The van der Waals surface area contributed by atoms with Crippen molar-refractivity contribution in [2.24, 2.45) is 4.99 Å². The van der Waals surface area contributed by atoms with E-state index < -0.39 is 0 Å². The quantitative estimate of drug-likeness (QED) is 0.307. The molecule has 0 aliphatic carbocycles. The minimum absolute atomic E-state index is 0.317. The maximum absolute atomic E-state index is 5.64. The van der Waals surface area contributed by atoms with Crippen molar-refractivity contribution in [1.82, 2.24) is 10.6 Å². The van der Waals surface area contributed by atoms with Crippen LogP contribution in [0.15, 0.2) is 4.99 Å². The van der Waals surface area contributed by atoms with Gasteiger partial charge in [0.2, 0.25) is 0 Å². The maximum Gasteiger partial charge on any atom is 0.190 e. The number of unbranched alkanes of at least 4 members (excludes halogenated alkanes) is 1. The summed E-state index contributed by atoms with van der Waals surface area (Å²) in [6.07, 6.45) is 6.91. The van der Waals surface area contributed by atoms with Crippen LogP contribution in [-0.4, -0.2) is 65.2 Å². The molecule has 1 fully saturated rings. The molecule has 0 aromatic carbocycles. The second kappa shape index (κ2) is 14.7. The highest BCUT2D eigenvalue weighted by Gasteiger charge is 2.14. The number of rotatable bonds is 13. The summed E-state index contributed by atoms with van der Waals surface area (Å²) in [7, 11) is 1.79. The van der Waals surface area contributed by atoms with E-state index in [4.69, 9.17) is 14.2 Å². The zero-order chi connectivity index (χ0) is 16.6. The van der Waals surface area contributed by atoms with Crippen molar-refractivity contribution >= 4 is 5.96 Å². The first-order chi connectivity index (χ1) is 11.4. The molecule has 136 valence electrons. The number of nitrogens with one attached hydrogen (secondary N) is 2. The fourth-order valence-corrected chi connectivity index (χ4v) is 2.32. The van der Waals surface area contributed by atoms with Crippen LogP contribution in [0.5, 0.6) is 0 Å². The Morgan fingerprint density at radius 2 is 1.78 bits per heavy atom. The third-order valence-corrected chi connectivity index (χ3v) is 3.71. The van der Waals surface area contributed by atoms with E-state index in [-0.39, 0.29) is 0 Å². The molecule has 1 aliphatic rings. The van der Waals surface area contributed by atoms with E-state index in [2.05, 4.69) is 22.5 Å². The van der Waals surface area contributed by atoms with Gasteiger partial charge >= 0.3 is 0 Å². The molecule has 0 aromatic rings. The van der Waals surface area contributed by atoms with Crippen LogP contribution in [-0.2, 0) is 14.2 Å². The van der Waals surface area contributed by atoms with Gasteiger partial charge in [0.15, 0.2) is 5.96 Å². The van der Waals surface area contributed by atoms with Gasteiger partial charge < -0.3 is 24.8 Å². The highest BCUT2D eigenvalue weighted by atomic mass is 16.5. The molecule has 6 nitrogen and oxygen atoms in total. The Labute approximate surface area is 141 Å². The Kier molecular flexibility index (Phi) is 12.9. The molecule has 23 heavy (non-hydrogen) atoms. The lowest BCUT2D eigenvalue weighted by Crippen LogP contribution is -2.38. The molecule has 2 N–H and O–H groups in total. The van der Waals surface area contributed by atoms with Crippen molar-refractivity contribution in [3.05, 3.63) is 0 Å². The number of aliphatic imine (C=N–C) groups is 1. The van der Waals surface area contributed by atoms with Crippen molar-refractivity contribution in [2.75, 3.05) is 53.2 Å². The van der Waals surface area contributed by atoms with Crippen LogP contribution in [0.25, 0.3) is 0 Å². The van der Waals surface area contributed by atoms with Crippen molar-refractivity contribution < 1.29 is 14.2 Å². The molecule has 0 aromatic heterocycles. The molecule has 0 radical (unpaired) electrons. The minimum Gasteiger partial charge on any atom is -0.381 e. The molecule has 1 saturated heterocycles. The van der Waals surface area contributed by atoms with Gasteiger partial charge in [0, 0.05) is 46.6 Å². The standard InChI is InChI=1S/C17H35N3O3/c1-3-4-11-21-12-6-9-19-17(18-2)20-10-7-13-22-15-16-8-5-14-23-16/h16H,3-15H2,1-2H3,(H2,18,19,20). The van der Waals surface area contributed by atoms with Crippen LogP contribution in [0.1, 0.15) is 45.4 Å². The van der Waals surface area contributed by atoms with Gasteiger partial charge in [0.1, 0.15) is 0 Å². The van der Waals surface area contributed by atoms with E-state index in [1.54, 1.807) is 7.05 Å². The highest BCUT2D eigenvalue weighted by molar-refractivity contribution is 5.79. The zero-order valence-corrected chi connectivity index (χ0v) is 14.9. The first-order valence-electron chi connectivity index (χ1n) is 9.08. The van der Waals surface area contributed by atoms with Crippen LogP contribution in [0.2, 0.25) is 0 Å². The molecule has 0 spiro atoms. The zero-order valence-electron chi connectivity index (χ0n) is 14.9. The molecule has 0 amide bonds. The summed E-state index contributed by atoms with van der Waals surface area (Å²) in [6.45, 7) is 7.96. The summed E-state index contributed by atoms with van der Waals surface area (Å²) in [4.78, 5) is 4.21. The molecule has 1 aliphatic heterocycles. The van der Waals surface area contributed by atoms with E-state index in [0.717, 1.165) is 77.8 Å². The van der Waals surface area contributed by atoms with Gasteiger partial charge in [-0.15, -0.1) is 0 Å². The molecular formula is C17H35N3O3. The molecule has 0 bridgehead atoms. The molecule has 0 saturated carbocycles. The normalized spacial score (nSPS) is 18.3. The lowest BCUT2D eigenvalue weighted by Gasteiger charge is -2.13. The second-order valence-corrected chi connectivity index (χ2v) is 5.81. The first kappa shape index (κ1) is 20.2. The van der Waals surface area contributed by atoms with Crippen molar-refractivity contribution in [2.45, 2.75) is 51.6 Å². The van der Waals surface area contributed by atoms with Gasteiger partial charge in [-0.1, -0.05) is 13.3 Å². The minimum atomic E-state index is 0.317. The Hall–Kier alpha value is -0.850. The van der Waals surface area contributed by atoms with E-state index in [0.29, 0.717) is 6.10 Å². The number of hydrogen-bond donors (Lipinski definition) is 2. The van der Waals surface area contributed by atoms with Crippen molar-refractivity contribution in [3.8, 4) is 0 Å². The third kappa shape index (κ3) is 11.3. The first-order valence-corrected chi connectivity index (χ1v) is 9.08. The molecular weight excluding hydrogens is 294 g/mol. The monoisotopic (exact) mass is 329 g/mol. The van der Waals surface area contributed by atoms with E-state index in [1.165, 1.54) is 12.8 Å². The lowest BCUT2D eigenvalue weighted by atomic mass is 10.2. The predicted octanol–water partition coefficient (Wildman–Crippen LogP) is 1.94. The van der Waals surface area contributed by atoms with Crippen molar-refractivity contribution in [1.29, 1.82) is 0 Å². The molecule has 6 heteroatoms. The van der Waals surface area contributed by atoms with Gasteiger partial charge in [-0.2, -0.15) is 0 Å². The van der Waals surface area contributed by atoms with Crippen LogP contribution in [0.3, 0.4) is 0 Å². The van der Waals surface area contributed by atoms with Gasteiger partial charge in [-0.05, 0) is 32.1 Å². The van der Waals surface area contributed by atoms with Crippen LogP contribution < -0.4 is 10.6 Å². The maximum atomic E-state index is 5.64. The van der Waals surface area contributed by atoms with Crippen LogP contribution in [0, 0.1) is 0 Å². The average molecular weight is 329 g/mol. The summed E-state index contributed by atoms with van der Waals surface area (Å²) in [5, 5.41) is 6.59. The number of nitrogens with zero attached hydrogens (tertiary/aromatic N) is 1. The van der Waals surface area contributed by atoms with Crippen LogP contribution >= 0.6 is 0 Å². The van der Waals surface area contributed by atoms with Gasteiger partial charge in [-0.25, -0.2) is 0 Å². The Bertz CT molecular complexity index is 295. The summed E-state index contributed by atoms with van der Waals surface area (Å²) in [6, 6.07) is 0. The fourth-order valence-electron chi connectivity index (χ4n) is 2.32. The topological polar surface area (TPSA) is 64.1 Å². The fraction of sp³-hybridized carbons (Fsp3) is 0.941. The van der Waals surface area contributed by atoms with Gasteiger partial charge in [0.05, 0.1) is 12.7 Å². The Morgan fingerprint density at radius 1 is 1.09 bits per heavy atom. The molecule has 1 unspecified atom stereocenters. The van der Waals surface area contributed by atoms with Gasteiger partial charge in [0.25, 0.3) is 0 Å².